The summed E-state index contributed by atoms with van der Waals surface area (Å²) in [5.74, 6) is -0.651. The van der Waals surface area contributed by atoms with Gasteiger partial charge in [0.25, 0.3) is 0 Å². The Bertz CT molecular complexity index is 411. The molecule has 0 saturated carbocycles. The molecule has 0 aliphatic carbocycles. The molecule has 3 N–H and O–H groups in total. The fourth-order valence-corrected chi connectivity index (χ4v) is 1.60. The number of methoxy groups -OCH3 is 1. The number of nitrogens with one attached hydrogen (secondary N) is 1. The Kier molecular flexibility index (Phi) is 6.04. The Labute approximate surface area is 110 Å². The SMILES string of the molecule is COC(CN)CC(=O)NCc1ccc(F)c(Cl)c1. The van der Waals surface area contributed by atoms with Gasteiger partial charge in [0.05, 0.1) is 17.5 Å². The summed E-state index contributed by atoms with van der Waals surface area (Å²) in [7, 11) is 1.50. The van der Waals surface area contributed by atoms with Crippen LogP contribution in [-0.4, -0.2) is 25.7 Å². The predicted octanol–water partition coefficient (Wildman–Crippen LogP) is 1.46. The van der Waals surface area contributed by atoms with E-state index in [-0.39, 0.29) is 30.0 Å². The van der Waals surface area contributed by atoms with Crippen LogP contribution >= 0.6 is 11.6 Å². The summed E-state index contributed by atoms with van der Waals surface area (Å²) < 4.78 is 17.9. The smallest absolute Gasteiger partial charge is 0.222 e. The van der Waals surface area contributed by atoms with Gasteiger partial charge in [-0.3, -0.25) is 4.79 Å². The topological polar surface area (TPSA) is 64.3 Å². The van der Waals surface area contributed by atoms with Crippen molar-refractivity contribution in [3.8, 4) is 0 Å². The fraction of sp³-hybridized carbons (Fsp3) is 0.417. The molecule has 18 heavy (non-hydrogen) atoms. The third-order valence-electron chi connectivity index (χ3n) is 2.48. The van der Waals surface area contributed by atoms with Gasteiger partial charge >= 0.3 is 0 Å². The fourth-order valence-electron chi connectivity index (χ4n) is 1.39. The van der Waals surface area contributed by atoms with Crippen LogP contribution in [0.25, 0.3) is 0 Å². The van der Waals surface area contributed by atoms with E-state index in [4.69, 9.17) is 22.1 Å². The van der Waals surface area contributed by atoms with Crippen molar-refractivity contribution >= 4 is 17.5 Å². The maximum atomic E-state index is 12.9. The van der Waals surface area contributed by atoms with E-state index >= 15 is 0 Å². The van der Waals surface area contributed by atoms with E-state index in [9.17, 15) is 9.18 Å². The molecule has 1 aromatic rings. The van der Waals surface area contributed by atoms with Crippen LogP contribution in [-0.2, 0) is 16.1 Å². The predicted molar refractivity (Wildman–Crippen MR) is 67.7 cm³/mol. The summed E-state index contributed by atoms with van der Waals surface area (Å²) in [5.41, 5.74) is 6.14. The first-order valence-corrected chi connectivity index (χ1v) is 5.88. The monoisotopic (exact) mass is 274 g/mol. The minimum atomic E-state index is -0.477. The van der Waals surface area contributed by atoms with Crippen molar-refractivity contribution < 1.29 is 13.9 Å². The van der Waals surface area contributed by atoms with E-state index in [2.05, 4.69) is 5.32 Å². The average Bonchev–Trinajstić information content (AvgIpc) is 2.37. The number of nitrogens with two attached hydrogens (primary N) is 1. The van der Waals surface area contributed by atoms with Crippen LogP contribution < -0.4 is 11.1 Å². The lowest BCUT2D eigenvalue weighted by Crippen LogP contribution is -2.31. The summed E-state index contributed by atoms with van der Waals surface area (Å²) in [4.78, 5) is 11.5. The molecule has 0 aliphatic heterocycles. The standard InChI is InChI=1S/C12H16ClFN2O2/c1-18-9(6-15)5-12(17)16-7-8-2-3-11(14)10(13)4-8/h2-4,9H,5-7,15H2,1H3,(H,16,17). The second-order valence-corrected chi connectivity index (χ2v) is 4.23. The van der Waals surface area contributed by atoms with Crippen molar-refractivity contribution in [2.75, 3.05) is 13.7 Å². The number of amides is 1. The van der Waals surface area contributed by atoms with Crippen molar-refractivity contribution in [2.24, 2.45) is 5.73 Å². The van der Waals surface area contributed by atoms with E-state index in [0.29, 0.717) is 6.54 Å². The van der Waals surface area contributed by atoms with E-state index < -0.39 is 5.82 Å². The van der Waals surface area contributed by atoms with Gasteiger partial charge in [0.1, 0.15) is 5.82 Å². The third kappa shape index (κ3) is 4.60. The summed E-state index contributed by atoms with van der Waals surface area (Å²) in [6.07, 6.45) is -0.0936. The van der Waals surface area contributed by atoms with Gasteiger partial charge in [-0.15, -0.1) is 0 Å². The van der Waals surface area contributed by atoms with Crippen LogP contribution in [0.15, 0.2) is 18.2 Å². The molecule has 0 heterocycles. The molecule has 4 nitrogen and oxygen atoms in total. The number of benzene rings is 1. The Hall–Kier alpha value is -1.17. The molecule has 0 fully saturated rings. The molecule has 0 radical (unpaired) electrons. The average molecular weight is 275 g/mol. The highest BCUT2D eigenvalue weighted by molar-refractivity contribution is 6.30. The molecule has 100 valence electrons. The van der Waals surface area contributed by atoms with Gasteiger partial charge in [-0.1, -0.05) is 17.7 Å². The second-order valence-electron chi connectivity index (χ2n) is 3.82. The minimum absolute atomic E-state index is 0.0403. The molecule has 1 unspecified atom stereocenters. The summed E-state index contributed by atoms with van der Waals surface area (Å²) in [6.45, 7) is 0.576. The Morgan fingerprint density at radius 1 is 1.61 bits per heavy atom. The van der Waals surface area contributed by atoms with Crippen molar-refractivity contribution in [2.45, 2.75) is 19.1 Å². The highest BCUT2D eigenvalue weighted by Crippen LogP contribution is 2.15. The third-order valence-corrected chi connectivity index (χ3v) is 2.77. The molecule has 1 atom stereocenters. The number of hydrogen-bond acceptors (Lipinski definition) is 3. The van der Waals surface area contributed by atoms with E-state index in [1.54, 1.807) is 6.07 Å². The van der Waals surface area contributed by atoms with E-state index in [1.165, 1.54) is 19.2 Å². The zero-order chi connectivity index (χ0) is 13.5. The lowest BCUT2D eigenvalue weighted by molar-refractivity contribution is -0.123. The van der Waals surface area contributed by atoms with Crippen LogP contribution in [0.2, 0.25) is 5.02 Å². The number of halogens is 2. The lowest BCUT2D eigenvalue weighted by atomic mass is 10.2. The Morgan fingerprint density at radius 2 is 2.33 bits per heavy atom. The van der Waals surface area contributed by atoms with Crippen LogP contribution in [0.1, 0.15) is 12.0 Å². The summed E-state index contributed by atoms with van der Waals surface area (Å²) in [5, 5.41) is 2.73. The van der Waals surface area contributed by atoms with Gasteiger partial charge in [0, 0.05) is 20.2 Å². The zero-order valence-corrected chi connectivity index (χ0v) is 10.8. The van der Waals surface area contributed by atoms with Gasteiger partial charge in [-0.25, -0.2) is 4.39 Å². The second kappa shape index (κ2) is 7.31. The normalized spacial score (nSPS) is 12.2. The molecule has 0 spiro atoms. The molecule has 0 aromatic heterocycles. The number of ether oxygens (including phenoxy) is 1. The Morgan fingerprint density at radius 3 is 2.89 bits per heavy atom. The number of rotatable bonds is 6. The molecule has 1 amide bonds. The van der Waals surface area contributed by atoms with Gasteiger partial charge < -0.3 is 15.8 Å². The summed E-state index contributed by atoms with van der Waals surface area (Å²) >= 11 is 5.63. The number of carbonyl (C=O) groups excluding carboxylic acids is 1. The minimum Gasteiger partial charge on any atom is -0.380 e. The van der Waals surface area contributed by atoms with Crippen LogP contribution in [0.4, 0.5) is 4.39 Å². The molecule has 0 aliphatic rings. The number of carbonyl (C=O) groups is 1. The van der Waals surface area contributed by atoms with Crippen LogP contribution in [0, 0.1) is 5.82 Å². The lowest BCUT2D eigenvalue weighted by Gasteiger charge is -2.12. The van der Waals surface area contributed by atoms with E-state index in [0.717, 1.165) is 5.56 Å². The van der Waals surface area contributed by atoms with Gasteiger partial charge in [0.15, 0.2) is 0 Å². The maximum Gasteiger partial charge on any atom is 0.222 e. The largest absolute Gasteiger partial charge is 0.380 e. The van der Waals surface area contributed by atoms with Crippen molar-refractivity contribution in [1.29, 1.82) is 0 Å². The first-order valence-electron chi connectivity index (χ1n) is 5.50. The van der Waals surface area contributed by atoms with Crippen LogP contribution in [0.3, 0.4) is 0 Å². The van der Waals surface area contributed by atoms with E-state index in [1.807, 2.05) is 0 Å². The molecular weight excluding hydrogens is 259 g/mol. The molecule has 1 rings (SSSR count). The zero-order valence-electron chi connectivity index (χ0n) is 10.1. The summed E-state index contributed by atoms with van der Waals surface area (Å²) in [6, 6.07) is 4.31. The van der Waals surface area contributed by atoms with Gasteiger partial charge in [-0.05, 0) is 17.7 Å². The van der Waals surface area contributed by atoms with Gasteiger partial charge in [-0.2, -0.15) is 0 Å². The van der Waals surface area contributed by atoms with Gasteiger partial charge in [0.2, 0.25) is 5.91 Å². The molecule has 0 bridgehead atoms. The molecule has 1 aromatic carbocycles. The van der Waals surface area contributed by atoms with Crippen molar-refractivity contribution in [1.82, 2.24) is 5.32 Å². The first kappa shape index (κ1) is 14.9. The number of hydrogen-bond donors (Lipinski definition) is 2. The quantitative estimate of drug-likeness (QED) is 0.825. The molecule has 0 saturated heterocycles. The first-order chi connectivity index (χ1) is 8.56. The highest BCUT2D eigenvalue weighted by Gasteiger charge is 2.11. The molecule has 6 heteroatoms. The maximum absolute atomic E-state index is 12.9. The molecular formula is C12H16ClFN2O2. The highest BCUT2D eigenvalue weighted by atomic mass is 35.5. The van der Waals surface area contributed by atoms with Crippen LogP contribution in [0.5, 0.6) is 0 Å². The Balaban J connectivity index is 2.44. The van der Waals surface area contributed by atoms with Crippen molar-refractivity contribution in [3.05, 3.63) is 34.6 Å². The van der Waals surface area contributed by atoms with Crippen molar-refractivity contribution in [3.63, 3.8) is 0 Å².